The number of halogens is 5. The molecule has 4 N–H and O–H groups in total. The van der Waals surface area contributed by atoms with Crippen molar-refractivity contribution in [2.45, 2.75) is 39.3 Å². The maximum absolute atomic E-state index is 12.2. The van der Waals surface area contributed by atoms with E-state index in [0.717, 1.165) is 22.1 Å². The van der Waals surface area contributed by atoms with E-state index >= 15 is 0 Å². The van der Waals surface area contributed by atoms with Crippen molar-refractivity contribution in [3.05, 3.63) is 120 Å². The minimum absolute atomic E-state index is 0.167. The van der Waals surface area contributed by atoms with Gasteiger partial charge in [-0.25, -0.2) is 14.6 Å². The number of aliphatic carboxylic acids is 2. The summed E-state index contributed by atoms with van der Waals surface area (Å²) in [6.07, 6.45) is -4.79. The van der Waals surface area contributed by atoms with E-state index in [1.807, 2.05) is 30.3 Å². The van der Waals surface area contributed by atoms with Crippen molar-refractivity contribution in [3.8, 4) is 11.3 Å². The quantitative estimate of drug-likeness (QED) is 0.103. The number of benzene rings is 3. The zero-order chi connectivity index (χ0) is 40.7. The van der Waals surface area contributed by atoms with Crippen LogP contribution in [0.3, 0.4) is 0 Å². The molecule has 0 aliphatic heterocycles. The minimum Gasteiger partial charge on any atom is -0.481 e. The molecule has 19 heteroatoms. The van der Waals surface area contributed by atoms with E-state index in [2.05, 4.69) is 14.6 Å². The Kier molecular flexibility index (Phi) is 17.4. The first-order valence-corrected chi connectivity index (χ1v) is 17.4. The molecule has 2 unspecified atom stereocenters. The lowest BCUT2D eigenvalue weighted by molar-refractivity contribution is -0.189. The fourth-order valence-corrected chi connectivity index (χ4v) is 5.76. The number of carboxylic acid groups (broad SMARTS) is 4. The summed E-state index contributed by atoms with van der Waals surface area (Å²) in [7, 11) is 0. The molecule has 3 aromatic carbocycles. The Morgan fingerprint density at radius 2 is 1.33 bits per heavy atom. The van der Waals surface area contributed by atoms with Crippen LogP contribution in [0.4, 0.5) is 13.2 Å². The van der Waals surface area contributed by atoms with Crippen LogP contribution in [0.2, 0.25) is 10.0 Å². The van der Waals surface area contributed by atoms with Gasteiger partial charge in [0, 0.05) is 17.5 Å². The lowest BCUT2D eigenvalue weighted by Crippen LogP contribution is -2.27. The van der Waals surface area contributed by atoms with E-state index in [9.17, 15) is 42.3 Å². The summed E-state index contributed by atoms with van der Waals surface area (Å²) in [5.74, 6) is -8.37. The normalized spacial score (nSPS) is 11.6. The molecule has 5 aromatic rings. The second-order valence-electron chi connectivity index (χ2n) is 10.7. The van der Waals surface area contributed by atoms with Crippen LogP contribution in [0.15, 0.2) is 78.9 Å². The molecule has 0 bridgehead atoms. The molecule has 0 aliphatic carbocycles. The highest BCUT2D eigenvalue weighted by molar-refractivity contribution is 7.13. The van der Waals surface area contributed by atoms with Crippen molar-refractivity contribution in [2.75, 3.05) is 0 Å². The van der Waals surface area contributed by atoms with Gasteiger partial charge in [-0.05, 0) is 43.9 Å². The number of aromatic nitrogens is 3. The number of nitrogens with zero attached hydrogens (tertiary/aromatic N) is 3. The van der Waals surface area contributed by atoms with Gasteiger partial charge < -0.3 is 20.4 Å². The molecule has 12 nitrogen and oxygen atoms in total. The smallest absolute Gasteiger partial charge is 0.401 e. The molecule has 0 saturated heterocycles. The van der Waals surface area contributed by atoms with Gasteiger partial charge in [0.1, 0.15) is 16.5 Å². The number of carbonyl (C=O) groups is 5. The zero-order valence-corrected chi connectivity index (χ0v) is 31.4. The van der Waals surface area contributed by atoms with Gasteiger partial charge in [0.25, 0.3) is 0 Å². The number of Topliss-reactive ketones (excluding diaryl/α,β-unsaturated/α-hetero) is 1. The highest BCUT2D eigenvalue weighted by Crippen LogP contribution is 2.33. The first-order chi connectivity index (χ1) is 25.3. The van der Waals surface area contributed by atoms with Gasteiger partial charge in [0.2, 0.25) is 0 Å². The van der Waals surface area contributed by atoms with Gasteiger partial charge in [-0.3, -0.25) is 14.4 Å². The van der Waals surface area contributed by atoms with E-state index in [0.29, 0.717) is 34.3 Å². The third-order valence-electron chi connectivity index (χ3n) is 6.83. The summed E-state index contributed by atoms with van der Waals surface area (Å²) in [4.78, 5) is 59.0. The fraction of sp³-hybridized carbons (Fsp3) is 0.200. The van der Waals surface area contributed by atoms with Crippen LogP contribution in [-0.2, 0) is 9.59 Å². The second kappa shape index (κ2) is 20.9. The summed E-state index contributed by atoms with van der Waals surface area (Å²) >= 11 is 14.1. The zero-order valence-electron chi connectivity index (χ0n) is 28.2. The van der Waals surface area contributed by atoms with E-state index in [1.54, 1.807) is 62.4 Å². The molecule has 0 radical (unpaired) electrons. The third-order valence-corrected chi connectivity index (χ3v) is 9.44. The summed E-state index contributed by atoms with van der Waals surface area (Å²) in [6, 6.07) is 22.5. The number of aryl methyl sites for hydroxylation is 2. The maximum atomic E-state index is 12.2. The highest BCUT2D eigenvalue weighted by Gasteiger charge is 2.41. The molecule has 54 heavy (non-hydrogen) atoms. The molecule has 286 valence electrons. The molecule has 2 heterocycles. The second-order valence-corrected chi connectivity index (χ2v) is 13.4. The summed E-state index contributed by atoms with van der Waals surface area (Å²) < 4.78 is 37.6. The van der Waals surface area contributed by atoms with Crippen molar-refractivity contribution < 1.29 is 57.6 Å². The number of hydrogen-bond donors (Lipinski definition) is 4. The van der Waals surface area contributed by atoms with Crippen LogP contribution in [0, 0.1) is 19.8 Å². The Morgan fingerprint density at radius 3 is 1.76 bits per heavy atom. The molecular weight excluding hydrogens is 798 g/mol. The lowest BCUT2D eigenvalue weighted by Gasteiger charge is -2.14. The molecule has 0 spiro atoms. The Bertz CT molecular complexity index is 2060. The summed E-state index contributed by atoms with van der Waals surface area (Å²) in [5, 5.41) is 39.6. The molecule has 0 amide bonds. The summed E-state index contributed by atoms with van der Waals surface area (Å²) in [6.45, 7) is 4.10. The van der Waals surface area contributed by atoms with Crippen LogP contribution in [0.25, 0.3) is 11.3 Å². The Labute approximate surface area is 323 Å². The predicted octanol–water partition coefficient (Wildman–Crippen LogP) is 9.07. The van der Waals surface area contributed by atoms with Gasteiger partial charge in [-0.15, -0.1) is 16.4 Å². The topological polar surface area (TPSA) is 205 Å². The van der Waals surface area contributed by atoms with Gasteiger partial charge >= 0.3 is 30.1 Å². The number of thiazole rings is 1. The van der Waals surface area contributed by atoms with Gasteiger partial charge in [-0.1, -0.05) is 100 Å². The largest absolute Gasteiger partial charge is 0.481 e. The van der Waals surface area contributed by atoms with Gasteiger partial charge in [0.05, 0.1) is 26.7 Å². The summed E-state index contributed by atoms with van der Waals surface area (Å²) in [5.41, 5.74) is 2.64. The third kappa shape index (κ3) is 13.6. The van der Waals surface area contributed by atoms with Crippen molar-refractivity contribution in [2.24, 2.45) is 5.92 Å². The van der Waals surface area contributed by atoms with Crippen LogP contribution >= 0.6 is 46.1 Å². The minimum atomic E-state index is -4.62. The molecule has 5 rings (SSSR count). The monoisotopic (exact) mass is 827 g/mol. The molecule has 0 aliphatic rings. The van der Waals surface area contributed by atoms with Crippen LogP contribution in [0.5, 0.6) is 0 Å². The van der Waals surface area contributed by atoms with Crippen molar-refractivity contribution in [3.63, 3.8) is 0 Å². The maximum Gasteiger partial charge on any atom is 0.401 e. The van der Waals surface area contributed by atoms with Gasteiger partial charge in [-0.2, -0.15) is 13.2 Å². The van der Waals surface area contributed by atoms with E-state index in [-0.39, 0.29) is 27.1 Å². The van der Waals surface area contributed by atoms with Crippen molar-refractivity contribution in [1.82, 2.24) is 14.6 Å². The highest BCUT2D eigenvalue weighted by atomic mass is 35.5. The Morgan fingerprint density at radius 1 is 0.778 bits per heavy atom. The van der Waals surface area contributed by atoms with E-state index in [1.165, 1.54) is 11.3 Å². The molecule has 0 fully saturated rings. The van der Waals surface area contributed by atoms with E-state index < -0.39 is 41.9 Å². The van der Waals surface area contributed by atoms with Crippen molar-refractivity contribution >= 4 is 75.7 Å². The van der Waals surface area contributed by atoms with Gasteiger partial charge in [0.15, 0.2) is 10.7 Å². The number of rotatable bonds is 9. The standard InChI is InChI=1S/C16H12Cl2O3.C9H6N2O2S.C6H7NO2S.C4H5F3O2/c17-13-8-4-7-11(15(13)18)12(16(20)21)9-14(19)10-5-2-1-3-6-10;12-9(13)8-7(10-11-14-8)6-4-2-1-3-5-6;1-3-5(6(8)9)10-4(2)7-3;1-2(3(8)9)4(5,6)7/h1-8,12H,9H2,(H,20,21);1-5H,(H,12,13);1-2H3,(H,8,9);2H,1H3,(H,8,9). The molecular formula is C35H30Cl2F3N3O9S2. The average molecular weight is 829 g/mol. The van der Waals surface area contributed by atoms with Crippen LogP contribution in [-0.4, -0.2) is 70.8 Å². The number of ketones is 1. The van der Waals surface area contributed by atoms with E-state index in [4.69, 9.17) is 38.5 Å². The Balaban J connectivity index is 0.000000265. The first kappa shape index (κ1) is 44.9. The lowest BCUT2D eigenvalue weighted by atomic mass is 9.91. The number of hydrogen-bond acceptors (Lipinski definition) is 10. The first-order valence-electron chi connectivity index (χ1n) is 15.1. The van der Waals surface area contributed by atoms with Crippen LogP contribution in [0.1, 0.15) is 65.2 Å². The van der Waals surface area contributed by atoms with Crippen LogP contribution < -0.4 is 0 Å². The number of alkyl halides is 3. The average Bonchev–Trinajstić information content (AvgIpc) is 3.75. The molecule has 0 saturated carbocycles. The Hall–Kier alpha value is -5.23. The van der Waals surface area contributed by atoms with Crippen molar-refractivity contribution in [1.29, 1.82) is 0 Å². The molecule has 2 atom stereocenters. The number of carboxylic acids is 4. The molecule has 2 aromatic heterocycles. The number of carbonyl (C=O) groups excluding carboxylic acids is 1. The number of aromatic carboxylic acids is 2. The fourth-order valence-electron chi connectivity index (χ4n) is 4.03. The predicted molar refractivity (Wildman–Crippen MR) is 196 cm³/mol. The SMILES string of the molecule is CC(C(=O)O)C(F)(F)F.Cc1nc(C)c(C(=O)O)s1.O=C(CC(C(=O)O)c1cccc(Cl)c1Cl)c1ccccc1.O=C(O)c1snnc1-c1ccccc1.